The summed E-state index contributed by atoms with van der Waals surface area (Å²) in [6.45, 7) is 1.62. The van der Waals surface area contributed by atoms with Gasteiger partial charge in [0, 0.05) is 30.6 Å². The Balaban J connectivity index is 1.95. The van der Waals surface area contributed by atoms with E-state index in [1.807, 2.05) is 0 Å². The third-order valence-electron chi connectivity index (χ3n) is 4.45. The summed E-state index contributed by atoms with van der Waals surface area (Å²) in [5, 5.41) is 13.6. The minimum absolute atomic E-state index is 0.146. The molecule has 0 bridgehead atoms. The molecule has 146 valence electrons. The maximum atomic E-state index is 14.0. The molecular weight excluding hydrogens is 375 g/mol. The molecular formula is C16H15F5N4O2. The molecule has 2 aromatic heterocycles. The number of fused-ring (bicyclic) bond motifs is 1. The molecule has 6 nitrogen and oxygen atoms in total. The SMILES string of the molecule is C[C@H]1CN(C(=O)C(C)(O)C(F)(F)F)Cc2cnn(-c3ncc(F)cc3F)c21. The van der Waals surface area contributed by atoms with Crippen molar-refractivity contribution in [3.63, 3.8) is 0 Å². The highest BCUT2D eigenvalue weighted by Gasteiger charge is 2.57. The molecule has 2 aromatic rings. The van der Waals surface area contributed by atoms with Crippen LogP contribution in [0.3, 0.4) is 0 Å². The van der Waals surface area contributed by atoms with E-state index in [1.165, 1.54) is 6.20 Å². The molecule has 0 aliphatic carbocycles. The highest BCUT2D eigenvalue weighted by Crippen LogP contribution is 2.35. The van der Waals surface area contributed by atoms with E-state index in [-0.39, 0.29) is 18.9 Å². The largest absolute Gasteiger partial charge is 0.426 e. The Hall–Kier alpha value is -2.56. The van der Waals surface area contributed by atoms with Gasteiger partial charge in [-0.3, -0.25) is 4.79 Å². The molecule has 3 rings (SSSR count). The minimum Gasteiger partial charge on any atom is -0.373 e. The van der Waals surface area contributed by atoms with Gasteiger partial charge in [0.1, 0.15) is 5.82 Å². The fourth-order valence-electron chi connectivity index (χ4n) is 3.04. The predicted octanol–water partition coefficient (Wildman–Crippen LogP) is 2.30. The fraction of sp³-hybridized carbons (Fsp3) is 0.438. The van der Waals surface area contributed by atoms with Gasteiger partial charge in [0.05, 0.1) is 18.1 Å². The Kier molecular flexibility index (Phi) is 4.45. The number of hydrogen-bond donors (Lipinski definition) is 1. The molecule has 3 heterocycles. The summed E-state index contributed by atoms with van der Waals surface area (Å²) >= 11 is 0. The second kappa shape index (κ2) is 6.25. The molecule has 11 heteroatoms. The van der Waals surface area contributed by atoms with Crippen LogP contribution in [0.25, 0.3) is 5.82 Å². The molecule has 0 aromatic carbocycles. The fourth-order valence-corrected chi connectivity index (χ4v) is 3.04. The third kappa shape index (κ3) is 3.15. The van der Waals surface area contributed by atoms with Crippen LogP contribution in [0.1, 0.15) is 31.0 Å². The van der Waals surface area contributed by atoms with Crippen molar-refractivity contribution in [3.05, 3.63) is 41.4 Å². The summed E-state index contributed by atoms with van der Waals surface area (Å²) in [7, 11) is 0. The van der Waals surface area contributed by atoms with Gasteiger partial charge >= 0.3 is 6.18 Å². The van der Waals surface area contributed by atoms with Crippen LogP contribution < -0.4 is 0 Å². The second-order valence-corrected chi connectivity index (χ2v) is 6.58. The number of hydrogen-bond acceptors (Lipinski definition) is 4. The van der Waals surface area contributed by atoms with E-state index >= 15 is 0 Å². The molecule has 0 fully saturated rings. The lowest BCUT2D eigenvalue weighted by Crippen LogP contribution is -2.57. The zero-order chi connectivity index (χ0) is 20.1. The first-order chi connectivity index (χ1) is 12.4. The van der Waals surface area contributed by atoms with E-state index in [0.717, 1.165) is 15.8 Å². The molecule has 2 atom stereocenters. The minimum atomic E-state index is -5.13. The van der Waals surface area contributed by atoms with Gasteiger partial charge in [0.25, 0.3) is 5.91 Å². The molecule has 27 heavy (non-hydrogen) atoms. The molecule has 0 saturated heterocycles. The highest BCUT2D eigenvalue weighted by atomic mass is 19.4. The van der Waals surface area contributed by atoms with Gasteiger partial charge in [0.2, 0.25) is 5.60 Å². The van der Waals surface area contributed by atoms with Gasteiger partial charge in [-0.2, -0.15) is 18.3 Å². The maximum Gasteiger partial charge on any atom is 0.426 e. The van der Waals surface area contributed by atoms with E-state index in [9.17, 15) is 31.9 Å². The van der Waals surface area contributed by atoms with Crippen LogP contribution in [0.15, 0.2) is 18.5 Å². The van der Waals surface area contributed by atoms with E-state index in [4.69, 9.17) is 0 Å². The summed E-state index contributed by atoms with van der Waals surface area (Å²) < 4.78 is 67.0. The first kappa shape index (κ1) is 19.2. The lowest BCUT2D eigenvalue weighted by molar-refractivity contribution is -0.250. The van der Waals surface area contributed by atoms with Crippen LogP contribution in [0.4, 0.5) is 22.0 Å². The van der Waals surface area contributed by atoms with Gasteiger partial charge in [-0.05, 0) is 6.92 Å². The van der Waals surface area contributed by atoms with Crippen LogP contribution in [0, 0.1) is 11.6 Å². The van der Waals surface area contributed by atoms with Crippen molar-refractivity contribution in [1.29, 1.82) is 0 Å². The lowest BCUT2D eigenvalue weighted by atomic mass is 9.95. The summed E-state index contributed by atoms with van der Waals surface area (Å²) in [4.78, 5) is 16.8. The molecule has 0 spiro atoms. The average Bonchev–Trinajstić information content (AvgIpc) is 2.97. The lowest BCUT2D eigenvalue weighted by Gasteiger charge is -2.36. The number of aliphatic hydroxyl groups is 1. The van der Waals surface area contributed by atoms with Crippen molar-refractivity contribution in [1.82, 2.24) is 19.7 Å². The Labute approximate surface area is 150 Å². The van der Waals surface area contributed by atoms with Crippen molar-refractivity contribution in [2.75, 3.05) is 6.54 Å². The number of amides is 1. The predicted molar refractivity (Wildman–Crippen MR) is 81.8 cm³/mol. The molecule has 1 amide bonds. The van der Waals surface area contributed by atoms with E-state index in [0.29, 0.717) is 24.2 Å². The van der Waals surface area contributed by atoms with E-state index in [1.54, 1.807) is 6.92 Å². The van der Waals surface area contributed by atoms with Crippen LogP contribution in [-0.4, -0.2) is 49.0 Å². The number of aromatic nitrogens is 3. The van der Waals surface area contributed by atoms with Crippen molar-refractivity contribution in [2.45, 2.75) is 38.1 Å². The van der Waals surface area contributed by atoms with Crippen LogP contribution >= 0.6 is 0 Å². The van der Waals surface area contributed by atoms with Gasteiger partial charge in [-0.15, -0.1) is 0 Å². The second-order valence-electron chi connectivity index (χ2n) is 6.58. The Morgan fingerprint density at radius 2 is 1.96 bits per heavy atom. The molecule has 0 radical (unpaired) electrons. The number of halogens is 5. The maximum absolute atomic E-state index is 14.0. The first-order valence-corrected chi connectivity index (χ1v) is 7.90. The van der Waals surface area contributed by atoms with Gasteiger partial charge in [-0.25, -0.2) is 18.4 Å². The Morgan fingerprint density at radius 3 is 2.56 bits per heavy atom. The number of carbonyl (C=O) groups excluding carboxylic acids is 1. The van der Waals surface area contributed by atoms with Gasteiger partial charge in [0.15, 0.2) is 11.6 Å². The number of nitrogens with zero attached hydrogens (tertiary/aromatic N) is 4. The van der Waals surface area contributed by atoms with E-state index < -0.39 is 35.2 Å². The molecule has 1 aliphatic rings. The summed E-state index contributed by atoms with van der Waals surface area (Å²) in [6.07, 6.45) is -3.03. The van der Waals surface area contributed by atoms with Crippen LogP contribution in [-0.2, 0) is 11.3 Å². The van der Waals surface area contributed by atoms with Gasteiger partial charge < -0.3 is 10.0 Å². The van der Waals surface area contributed by atoms with Crippen molar-refractivity contribution in [2.24, 2.45) is 0 Å². The average molecular weight is 390 g/mol. The quantitative estimate of drug-likeness (QED) is 0.799. The van der Waals surface area contributed by atoms with Crippen LogP contribution in [0.5, 0.6) is 0 Å². The monoisotopic (exact) mass is 390 g/mol. The topological polar surface area (TPSA) is 71.2 Å². The smallest absolute Gasteiger partial charge is 0.373 e. The van der Waals surface area contributed by atoms with Crippen molar-refractivity contribution >= 4 is 5.91 Å². The summed E-state index contributed by atoms with van der Waals surface area (Å²) in [5.74, 6) is -4.09. The summed E-state index contributed by atoms with van der Waals surface area (Å²) in [6, 6.07) is 0.639. The molecule has 0 saturated carbocycles. The van der Waals surface area contributed by atoms with Crippen LogP contribution in [0.2, 0.25) is 0 Å². The molecule has 1 aliphatic heterocycles. The first-order valence-electron chi connectivity index (χ1n) is 7.90. The zero-order valence-corrected chi connectivity index (χ0v) is 14.3. The van der Waals surface area contributed by atoms with E-state index in [2.05, 4.69) is 10.1 Å². The number of carbonyl (C=O) groups is 1. The normalized spacial score (nSPS) is 19.6. The van der Waals surface area contributed by atoms with Crippen molar-refractivity contribution < 1.29 is 31.9 Å². The van der Waals surface area contributed by atoms with Gasteiger partial charge in [-0.1, -0.05) is 6.92 Å². The Bertz CT molecular complexity index is 893. The number of rotatable bonds is 2. The zero-order valence-electron chi connectivity index (χ0n) is 14.3. The summed E-state index contributed by atoms with van der Waals surface area (Å²) in [5.41, 5.74) is -2.69. The number of pyridine rings is 1. The molecule has 1 unspecified atom stereocenters. The number of alkyl halides is 3. The standard InChI is InChI=1S/C16H15F5N4O2/c1-8-6-24(14(26)15(2,27)16(19,20)21)7-9-4-23-25(12(8)9)13-11(18)3-10(17)5-22-13/h3-5,8,27H,6-7H2,1-2H3/t8-,15?/m0/s1. The highest BCUT2D eigenvalue weighted by molar-refractivity contribution is 5.85. The van der Waals surface area contributed by atoms with Crippen molar-refractivity contribution in [3.8, 4) is 5.82 Å². The Morgan fingerprint density at radius 1 is 1.30 bits per heavy atom. The third-order valence-corrected chi connectivity index (χ3v) is 4.45. The molecule has 1 N–H and O–H groups in total.